The zero-order valence-electron chi connectivity index (χ0n) is 11.5. The summed E-state index contributed by atoms with van der Waals surface area (Å²) in [6, 6.07) is 5.59. The number of amides is 2. The molecule has 1 N–H and O–H groups in total. The normalized spacial score (nSPS) is 17.6. The predicted molar refractivity (Wildman–Crippen MR) is 70.7 cm³/mol. The second-order valence-electron chi connectivity index (χ2n) is 5.11. The van der Waals surface area contributed by atoms with E-state index in [1.54, 1.807) is 19.9 Å². The van der Waals surface area contributed by atoms with Gasteiger partial charge in [0.2, 0.25) is 5.91 Å². The van der Waals surface area contributed by atoms with E-state index in [2.05, 4.69) is 5.32 Å². The summed E-state index contributed by atoms with van der Waals surface area (Å²) in [5.41, 5.74) is -0.902. The standard InChI is InChI=1S/C14H17FN2O3/c1-14(2)13(19)16-6-7-17(14)12(18)9-20-11-5-3-4-10(15)8-11/h3-5,8H,6-7,9H2,1-2H3,(H,16,19). The fourth-order valence-corrected chi connectivity index (χ4v) is 2.12. The van der Waals surface area contributed by atoms with Crippen LogP contribution in [-0.2, 0) is 9.59 Å². The van der Waals surface area contributed by atoms with E-state index in [0.29, 0.717) is 13.1 Å². The van der Waals surface area contributed by atoms with Crippen LogP contribution in [0.25, 0.3) is 0 Å². The van der Waals surface area contributed by atoms with Crippen LogP contribution < -0.4 is 10.1 Å². The number of nitrogens with one attached hydrogen (secondary N) is 1. The molecule has 0 aliphatic carbocycles. The van der Waals surface area contributed by atoms with E-state index in [4.69, 9.17) is 4.74 Å². The van der Waals surface area contributed by atoms with Gasteiger partial charge >= 0.3 is 0 Å². The van der Waals surface area contributed by atoms with Gasteiger partial charge in [-0.2, -0.15) is 0 Å². The molecule has 1 aromatic rings. The topological polar surface area (TPSA) is 58.6 Å². The Morgan fingerprint density at radius 3 is 2.95 bits per heavy atom. The highest BCUT2D eigenvalue weighted by atomic mass is 19.1. The number of ether oxygens (including phenoxy) is 1. The number of piperazine rings is 1. The quantitative estimate of drug-likeness (QED) is 0.896. The Bertz CT molecular complexity index is 531. The molecule has 2 rings (SSSR count). The molecule has 0 radical (unpaired) electrons. The maximum atomic E-state index is 13.0. The number of carbonyl (C=O) groups is 2. The van der Waals surface area contributed by atoms with Gasteiger partial charge in [-0.3, -0.25) is 9.59 Å². The number of halogens is 1. The Labute approximate surface area is 116 Å². The molecular weight excluding hydrogens is 263 g/mol. The lowest BCUT2D eigenvalue weighted by molar-refractivity contribution is -0.150. The average Bonchev–Trinajstić information content (AvgIpc) is 2.39. The van der Waals surface area contributed by atoms with Crippen LogP contribution in [-0.4, -0.2) is 41.9 Å². The van der Waals surface area contributed by atoms with Crippen LogP contribution in [0.4, 0.5) is 4.39 Å². The Hall–Kier alpha value is -2.11. The third kappa shape index (κ3) is 2.89. The largest absolute Gasteiger partial charge is 0.484 e. The number of benzene rings is 1. The first-order chi connectivity index (χ1) is 9.41. The van der Waals surface area contributed by atoms with Gasteiger partial charge in [-0.15, -0.1) is 0 Å². The lowest BCUT2D eigenvalue weighted by Gasteiger charge is -2.41. The van der Waals surface area contributed by atoms with E-state index in [1.165, 1.54) is 23.1 Å². The van der Waals surface area contributed by atoms with E-state index in [1.807, 2.05) is 0 Å². The Morgan fingerprint density at radius 2 is 2.25 bits per heavy atom. The molecular formula is C14H17FN2O3. The van der Waals surface area contributed by atoms with Crippen LogP contribution in [0.3, 0.4) is 0 Å². The minimum absolute atomic E-state index is 0.192. The molecule has 0 saturated carbocycles. The molecule has 0 atom stereocenters. The van der Waals surface area contributed by atoms with E-state index in [-0.39, 0.29) is 24.2 Å². The second-order valence-corrected chi connectivity index (χ2v) is 5.11. The molecule has 1 aliphatic rings. The summed E-state index contributed by atoms with van der Waals surface area (Å²) in [5.74, 6) is -0.623. The molecule has 1 heterocycles. The molecule has 20 heavy (non-hydrogen) atoms. The van der Waals surface area contributed by atoms with Crippen molar-refractivity contribution in [2.45, 2.75) is 19.4 Å². The minimum Gasteiger partial charge on any atom is -0.484 e. The Balaban J connectivity index is 1.99. The smallest absolute Gasteiger partial charge is 0.261 e. The van der Waals surface area contributed by atoms with Crippen molar-refractivity contribution in [3.63, 3.8) is 0 Å². The van der Waals surface area contributed by atoms with Gasteiger partial charge in [-0.25, -0.2) is 4.39 Å². The number of hydrogen-bond acceptors (Lipinski definition) is 3. The molecule has 0 bridgehead atoms. The van der Waals surface area contributed by atoms with E-state index in [0.717, 1.165) is 0 Å². The highest BCUT2D eigenvalue weighted by molar-refractivity contribution is 5.92. The first-order valence-corrected chi connectivity index (χ1v) is 6.38. The molecule has 0 unspecified atom stereocenters. The van der Waals surface area contributed by atoms with Gasteiger partial charge in [-0.1, -0.05) is 6.07 Å². The van der Waals surface area contributed by atoms with Gasteiger partial charge in [0.15, 0.2) is 6.61 Å². The number of carbonyl (C=O) groups excluding carboxylic acids is 2. The average molecular weight is 280 g/mol. The maximum Gasteiger partial charge on any atom is 0.261 e. The molecule has 1 aromatic carbocycles. The van der Waals surface area contributed by atoms with Crippen molar-refractivity contribution in [1.82, 2.24) is 10.2 Å². The summed E-state index contributed by atoms with van der Waals surface area (Å²) in [5, 5.41) is 2.72. The van der Waals surface area contributed by atoms with Crippen LogP contribution in [0.15, 0.2) is 24.3 Å². The van der Waals surface area contributed by atoms with Gasteiger partial charge in [0, 0.05) is 19.2 Å². The summed E-state index contributed by atoms with van der Waals surface area (Å²) in [7, 11) is 0. The fraction of sp³-hybridized carbons (Fsp3) is 0.429. The highest BCUT2D eigenvalue weighted by Gasteiger charge is 2.40. The van der Waals surface area contributed by atoms with E-state index >= 15 is 0 Å². The molecule has 5 nitrogen and oxygen atoms in total. The molecule has 2 amide bonds. The van der Waals surface area contributed by atoms with Crippen LogP contribution in [0.1, 0.15) is 13.8 Å². The van der Waals surface area contributed by atoms with Crippen molar-refractivity contribution in [1.29, 1.82) is 0 Å². The van der Waals surface area contributed by atoms with E-state index < -0.39 is 11.4 Å². The van der Waals surface area contributed by atoms with Crippen molar-refractivity contribution < 1.29 is 18.7 Å². The van der Waals surface area contributed by atoms with Crippen LogP contribution in [0, 0.1) is 5.82 Å². The summed E-state index contributed by atoms with van der Waals surface area (Å²) < 4.78 is 18.3. The van der Waals surface area contributed by atoms with Gasteiger partial charge in [-0.05, 0) is 26.0 Å². The molecule has 6 heteroatoms. The van der Waals surface area contributed by atoms with Gasteiger partial charge in [0.1, 0.15) is 17.1 Å². The van der Waals surface area contributed by atoms with Crippen molar-refractivity contribution in [3.05, 3.63) is 30.1 Å². The third-order valence-corrected chi connectivity index (χ3v) is 3.31. The fourth-order valence-electron chi connectivity index (χ4n) is 2.12. The lowest BCUT2D eigenvalue weighted by Crippen LogP contribution is -2.64. The SMILES string of the molecule is CC1(C)C(=O)NCCN1C(=O)COc1cccc(F)c1. The number of rotatable bonds is 3. The van der Waals surface area contributed by atoms with Crippen molar-refractivity contribution in [3.8, 4) is 5.75 Å². The van der Waals surface area contributed by atoms with Crippen molar-refractivity contribution in [2.75, 3.05) is 19.7 Å². The summed E-state index contributed by atoms with van der Waals surface area (Å²) in [6.45, 7) is 4.00. The van der Waals surface area contributed by atoms with Gasteiger partial charge < -0.3 is 15.0 Å². The number of hydrogen-bond donors (Lipinski definition) is 1. The summed E-state index contributed by atoms with van der Waals surface area (Å²) >= 11 is 0. The highest BCUT2D eigenvalue weighted by Crippen LogP contribution is 2.18. The maximum absolute atomic E-state index is 13.0. The minimum atomic E-state index is -0.902. The van der Waals surface area contributed by atoms with Crippen molar-refractivity contribution in [2.24, 2.45) is 0 Å². The molecule has 1 aliphatic heterocycles. The van der Waals surface area contributed by atoms with E-state index in [9.17, 15) is 14.0 Å². The Kier molecular flexibility index (Phi) is 3.92. The molecule has 1 fully saturated rings. The van der Waals surface area contributed by atoms with Gasteiger partial charge in [0.25, 0.3) is 5.91 Å². The summed E-state index contributed by atoms with van der Waals surface area (Å²) in [4.78, 5) is 25.4. The molecule has 108 valence electrons. The molecule has 0 aromatic heterocycles. The predicted octanol–water partition coefficient (Wildman–Crippen LogP) is 0.941. The third-order valence-electron chi connectivity index (χ3n) is 3.31. The van der Waals surface area contributed by atoms with Gasteiger partial charge in [0.05, 0.1) is 0 Å². The van der Waals surface area contributed by atoms with Crippen LogP contribution in [0.2, 0.25) is 0 Å². The lowest BCUT2D eigenvalue weighted by atomic mass is 9.99. The molecule has 0 spiro atoms. The zero-order chi connectivity index (χ0) is 14.8. The first-order valence-electron chi connectivity index (χ1n) is 6.38. The molecule has 1 saturated heterocycles. The Morgan fingerprint density at radius 1 is 1.50 bits per heavy atom. The van der Waals surface area contributed by atoms with Crippen molar-refractivity contribution >= 4 is 11.8 Å². The monoisotopic (exact) mass is 280 g/mol. The zero-order valence-corrected chi connectivity index (χ0v) is 11.5. The van der Waals surface area contributed by atoms with Crippen LogP contribution >= 0.6 is 0 Å². The van der Waals surface area contributed by atoms with Crippen LogP contribution in [0.5, 0.6) is 5.75 Å². The first kappa shape index (κ1) is 14.3. The summed E-state index contributed by atoms with van der Waals surface area (Å²) in [6.07, 6.45) is 0. The second kappa shape index (κ2) is 5.48. The number of nitrogens with zero attached hydrogens (tertiary/aromatic N) is 1.